The van der Waals surface area contributed by atoms with Crippen molar-refractivity contribution in [2.75, 3.05) is 13.1 Å². The molecule has 1 heterocycles. The third kappa shape index (κ3) is 1.66. The standard InChI is InChI=1S/C14H19N.ClH/c1-10(2)11-3-5-12(6-4-11)14-7-13(14)8-15-9-14;/h3-6,10,13,15H,7-9H2,1-2H3;1H. The molecule has 1 saturated heterocycles. The Balaban J connectivity index is 0.000000963. The van der Waals surface area contributed by atoms with Crippen molar-refractivity contribution in [2.24, 2.45) is 5.92 Å². The molecule has 1 aliphatic carbocycles. The van der Waals surface area contributed by atoms with E-state index in [9.17, 15) is 0 Å². The zero-order valence-corrected chi connectivity index (χ0v) is 10.8. The average Bonchev–Trinajstić information content (AvgIpc) is 2.82. The Hall–Kier alpha value is -0.530. The molecule has 1 saturated carbocycles. The molecule has 88 valence electrons. The monoisotopic (exact) mass is 237 g/mol. The Morgan fingerprint density at radius 2 is 1.94 bits per heavy atom. The number of benzene rings is 1. The number of rotatable bonds is 2. The molecular weight excluding hydrogens is 218 g/mol. The van der Waals surface area contributed by atoms with Crippen LogP contribution in [-0.4, -0.2) is 13.1 Å². The fourth-order valence-corrected chi connectivity index (χ4v) is 2.99. The summed E-state index contributed by atoms with van der Waals surface area (Å²) in [5.74, 6) is 1.57. The van der Waals surface area contributed by atoms with Crippen LogP contribution in [0.4, 0.5) is 0 Å². The van der Waals surface area contributed by atoms with Gasteiger partial charge in [-0.25, -0.2) is 0 Å². The van der Waals surface area contributed by atoms with Gasteiger partial charge in [-0.15, -0.1) is 12.4 Å². The Morgan fingerprint density at radius 1 is 1.25 bits per heavy atom. The van der Waals surface area contributed by atoms with Gasteiger partial charge in [0.25, 0.3) is 0 Å². The van der Waals surface area contributed by atoms with Crippen molar-refractivity contribution < 1.29 is 0 Å². The van der Waals surface area contributed by atoms with E-state index in [0.29, 0.717) is 11.3 Å². The summed E-state index contributed by atoms with van der Waals surface area (Å²) < 4.78 is 0. The number of fused-ring (bicyclic) bond motifs is 1. The summed E-state index contributed by atoms with van der Waals surface area (Å²) in [5, 5.41) is 3.50. The molecule has 1 aliphatic heterocycles. The highest BCUT2D eigenvalue weighted by Gasteiger charge is 2.57. The molecule has 3 rings (SSSR count). The Morgan fingerprint density at radius 3 is 2.38 bits per heavy atom. The molecule has 1 aromatic carbocycles. The van der Waals surface area contributed by atoms with Crippen LogP contribution in [-0.2, 0) is 5.41 Å². The molecule has 1 N–H and O–H groups in total. The van der Waals surface area contributed by atoms with Gasteiger partial charge in [0.05, 0.1) is 0 Å². The van der Waals surface area contributed by atoms with Gasteiger partial charge < -0.3 is 5.32 Å². The highest BCUT2D eigenvalue weighted by molar-refractivity contribution is 5.85. The zero-order chi connectivity index (χ0) is 10.5. The van der Waals surface area contributed by atoms with Gasteiger partial charge in [-0.05, 0) is 35.9 Å². The SMILES string of the molecule is CC(C)c1ccc(C23CNCC2C3)cc1.Cl. The first kappa shape index (κ1) is 11.9. The van der Waals surface area contributed by atoms with Crippen molar-refractivity contribution in [1.29, 1.82) is 0 Å². The van der Waals surface area contributed by atoms with Crippen LogP contribution < -0.4 is 5.32 Å². The quantitative estimate of drug-likeness (QED) is 0.834. The summed E-state index contributed by atoms with van der Waals surface area (Å²) in [6.45, 7) is 6.93. The predicted octanol–water partition coefficient (Wildman–Crippen LogP) is 3.09. The smallest absolute Gasteiger partial charge is 0.0122 e. The summed E-state index contributed by atoms with van der Waals surface area (Å²) in [4.78, 5) is 0. The fraction of sp³-hybridized carbons (Fsp3) is 0.571. The molecule has 16 heavy (non-hydrogen) atoms. The third-order valence-corrected chi connectivity index (χ3v) is 4.22. The van der Waals surface area contributed by atoms with E-state index >= 15 is 0 Å². The van der Waals surface area contributed by atoms with Crippen molar-refractivity contribution in [3.63, 3.8) is 0 Å². The van der Waals surface area contributed by atoms with Crippen LogP contribution in [0.3, 0.4) is 0 Å². The normalized spacial score (nSPS) is 31.1. The molecule has 2 fully saturated rings. The number of halogens is 1. The second-order valence-electron chi connectivity index (χ2n) is 5.46. The molecule has 0 spiro atoms. The molecule has 2 heteroatoms. The molecule has 1 aromatic rings. The molecule has 2 atom stereocenters. The number of hydrogen-bond acceptors (Lipinski definition) is 1. The van der Waals surface area contributed by atoms with E-state index in [1.807, 2.05) is 0 Å². The van der Waals surface area contributed by atoms with Gasteiger partial charge in [-0.2, -0.15) is 0 Å². The fourth-order valence-electron chi connectivity index (χ4n) is 2.99. The molecule has 0 bridgehead atoms. The average molecular weight is 238 g/mol. The summed E-state index contributed by atoms with van der Waals surface area (Å²) >= 11 is 0. The minimum Gasteiger partial charge on any atom is -0.316 e. The lowest BCUT2D eigenvalue weighted by Gasteiger charge is -2.13. The lowest BCUT2D eigenvalue weighted by Crippen LogP contribution is -2.19. The van der Waals surface area contributed by atoms with E-state index in [2.05, 4.69) is 43.4 Å². The first-order chi connectivity index (χ1) is 7.22. The van der Waals surface area contributed by atoms with Crippen LogP contribution in [0.1, 0.15) is 37.3 Å². The zero-order valence-electron chi connectivity index (χ0n) is 9.99. The van der Waals surface area contributed by atoms with E-state index in [0.717, 1.165) is 5.92 Å². The van der Waals surface area contributed by atoms with Gasteiger partial charge in [0.2, 0.25) is 0 Å². The number of nitrogens with one attached hydrogen (secondary N) is 1. The van der Waals surface area contributed by atoms with Crippen molar-refractivity contribution in [3.05, 3.63) is 35.4 Å². The van der Waals surface area contributed by atoms with Gasteiger partial charge in [0, 0.05) is 12.0 Å². The maximum atomic E-state index is 3.50. The lowest BCUT2D eigenvalue weighted by molar-refractivity contribution is 0.675. The van der Waals surface area contributed by atoms with E-state index in [-0.39, 0.29) is 12.4 Å². The van der Waals surface area contributed by atoms with Gasteiger partial charge in [0.15, 0.2) is 0 Å². The van der Waals surface area contributed by atoms with Gasteiger partial charge in [0.1, 0.15) is 0 Å². The van der Waals surface area contributed by atoms with E-state index in [1.165, 1.54) is 25.1 Å². The summed E-state index contributed by atoms with van der Waals surface area (Å²) in [6.07, 6.45) is 1.40. The summed E-state index contributed by atoms with van der Waals surface area (Å²) in [5.41, 5.74) is 3.54. The van der Waals surface area contributed by atoms with E-state index in [4.69, 9.17) is 0 Å². The molecule has 0 aromatic heterocycles. The van der Waals surface area contributed by atoms with Crippen molar-refractivity contribution >= 4 is 12.4 Å². The molecule has 0 radical (unpaired) electrons. The van der Waals surface area contributed by atoms with Crippen molar-refractivity contribution in [3.8, 4) is 0 Å². The second-order valence-corrected chi connectivity index (χ2v) is 5.46. The van der Waals surface area contributed by atoms with Crippen LogP contribution in [0, 0.1) is 5.92 Å². The van der Waals surface area contributed by atoms with Crippen molar-refractivity contribution in [1.82, 2.24) is 5.32 Å². The molecule has 2 aliphatic rings. The van der Waals surface area contributed by atoms with Gasteiger partial charge >= 0.3 is 0 Å². The Bertz CT molecular complexity index is 371. The van der Waals surface area contributed by atoms with Crippen LogP contribution >= 0.6 is 12.4 Å². The van der Waals surface area contributed by atoms with Crippen LogP contribution in [0.15, 0.2) is 24.3 Å². The maximum absolute atomic E-state index is 3.50. The van der Waals surface area contributed by atoms with E-state index < -0.39 is 0 Å². The van der Waals surface area contributed by atoms with Crippen molar-refractivity contribution in [2.45, 2.75) is 31.6 Å². The van der Waals surface area contributed by atoms with Gasteiger partial charge in [-0.1, -0.05) is 38.1 Å². The topological polar surface area (TPSA) is 12.0 Å². The number of hydrogen-bond donors (Lipinski definition) is 1. The third-order valence-electron chi connectivity index (χ3n) is 4.22. The molecule has 1 nitrogen and oxygen atoms in total. The summed E-state index contributed by atoms with van der Waals surface area (Å²) in [7, 11) is 0. The maximum Gasteiger partial charge on any atom is 0.0122 e. The predicted molar refractivity (Wildman–Crippen MR) is 70.4 cm³/mol. The minimum atomic E-state index is 0. The molecule has 2 unspecified atom stereocenters. The molecular formula is C14H20ClN. The lowest BCUT2D eigenvalue weighted by atomic mass is 9.92. The first-order valence-electron chi connectivity index (χ1n) is 6.03. The van der Waals surface area contributed by atoms with Crippen LogP contribution in [0.2, 0.25) is 0 Å². The van der Waals surface area contributed by atoms with Crippen LogP contribution in [0.25, 0.3) is 0 Å². The second kappa shape index (κ2) is 4.05. The van der Waals surface area contributed by atoms with Crippen LogP contribution in [0.5, 0.6) is 0 Å². The van der Waals surface area contributed by atoms with Gasteiger partial charge in [-0.3, -0.25) is 0 Å². The highest BCUT2D eigenvalue weighted by atomic mass is 35.5. The molecule has 0 amide bonds. The van der Waals surface area contributed by atoms with E-state index in [1.54, 1.807) is 5.56 Å². The Kier molecular flexibility index (Phi) is 3.02. The Labute approximate surface area is 104 Å². The largest absolute Gasteiger partial charge is 0.316 e. The highest BCUT2D eigenvalue weighted by Crippen LogP contribution is 2.56. The minimum absolute atomic E-state index is 0. The summed E-state index contributed by atoms with van der Waals surface area (Å²) in [6, 6.07) is 9.32. The number of piperidine rings is 1. The first-order valence-corrected chi connectivity index (χ1v) is 6.03.